The first kappa shape index (κ1) is 14.9. The second kappa shape index (κ2) is 5.44. The SMILES string of the molecule is CCO[C@H]1C[C@H](N(C)c2ncnc3c2cnn3C)C12CCCC2. The van der Waals surface area contributed by atoms with Crippen molar-refractivity contribution in [1.29, 1.82) is 0 Å². The van der Waals surface area contributed by atoms with E-state index in [1.807, 2.05) is 17.9 Å². The molecule has 6 heteroatoms. The van der Waals surface area contributed by atoms with Crippen LogP contribution in [0.1, 0.15) is 39.0 Å². The van der Waals surface area contributed by atoms with Crippen LogP contribution >= 0.6 is 0 Å². The highest BCUT2D eigenvalue weighted by atomic mass is 16.5. The lowest BCUT2D eigenvalue weighted by atomic mass is 9.60. The van der Waals surface area contributed by atoms with Gasteiger partial charge in [-0.1, -0.05) is 12.8 Å². The van der Waals surface area contributed by atoms with E-state index in [0.717, 1.165) is 29.9 Å². The highest BCUT2D eigenvalue weighted by molar-refractivity contribution is 5.86. The summed E-state index contributed by atoms with van der Waals surface area (Å²) in [6.45, 7) is 2.91. The molecule has 0 aliphatic heterocycles. The third-order valence-corrected chi connectivity index (χ3v) is 5.95. The van der Waals surface area contributed by atoms with Crippen molar-refractivity contribution in [3.8, 4) is 0 Å². The number of ether oxygens (including phenoxy) is 1. The second-order valence-electron chi connectivity index (χ2n) is 6.95. The van der Waals surface area contributed by atoms with E-state index in [1.54, 1.807) is 6.33 Å². The molecule has 2 saturated carbocycles. The van der Waals surface area contributed by atoms with Gasteiger partial charge in [0.15, 0.2) is 5.65 Å². The van der Waals surface area contributed by atoms with Crippen molar-refractivity contribution in [2.45, 2.75) is 51.2 Å². The molecule has 2 fully saturated rings. The van der Waals surface area contributed by atoms with Crippen LogP contribution < -0.4 is 4.90 Å². The Morgan fingerprint density at radius 2 is 2.13 bits per heavy atom. The van der Waals surface area contributed by atoms with Crippen LogP contribution in [0.2, 0.25) is 0 Å². The number of rotatable bonds is 4. The number of fused-ring (bicyclic) bond motifs is 1. The number of aryl methyl sites for hydroxylation is 1. The van der Waals surface area contributed by atoms with Gasteiger partial charge < -0.3 is 9.64 Å². The predicted molar refractivity (Wildman–Crippen MR) is 89.4 cm³/mol. The molecule has 0 saturated heterocycles. The van der Waals surface area contributed by atoms with Crippen molar-refractivity contribution in [2.75, 3.05) is 18.6 Å². The molecule has 2 aromatic heterocycles. The number of hydrogen-bond donors (Lipinski definition) is 0. The molecule has 2 heterocycles. The Kier molecular flexibility index (Phi) is 3.52. The Morgan fingerprint density at radius 3 is 2.87 bits per heavy atom. The molecule has 0 bridgehead atoms. The van der Waals surface area contributed by atoms with E-state index in [9.17, 15) is 0 Å². The van der Waals surface area contributed by atoms with E-state index in [4.69, 9.17) is 4.74 Å². The first-order valence-electron chi connectivity index (χ1n) is 8.64. The molecule has 2 aliphatic carbocycles. The molecule has 0 radical (unpaired) electrons. The van der Waals surface area contributed by atoms with Crippen molar-refractivity contribution in [3.63, 3.8) is 0 Å². The number of anilines is 1. The van der Waals surface area contributed by atoms with Gasteiger partial charge in [0.25, 0.3) is 0 Å². The second-order valence-corrected chi connectivity index (χ2v) is 6.95. The monoisotopic (exact) mass is 315 g/mol. The van der Waals surface area contributed by atoms with Gasteiger partial charge in [0, 0.05) is 32.2 Å². The summed E-state index contributed by atoms with van der Waals surface area (Å²) < 4.78 is 7.86. The van der Waals surface area contributed by atoms with Crippen molar-refractivity contribution < 1.29 is 4.74 Å². The van der Waals surface area contributed by atoms with Crippen molar-refractivity contribution in [2.24, 2.45) is 12.5 Å². The zero-order chi connectivity index (χ0) is 16.0. The summed E-state index contributed by atoms with van der Waals surface area (Å²) in [7, 11) is 4.09. The van der Waals surface area contributed by atoms with Crippen LogP contribution in [-0.4, -0.2) is 45.5 Å². The lowest BCUT2D eigenvalue weighted by Gasteiger charge is -2.57. The van der Waals surface area contributed by atoms with E-state index >= 15 is 0 Å². The zero-order valence-electron chi connectivity index (χ0n) is 14.2. The third kappa shape index (κ3) is 2.07. The molecule has 1 spiro atoms. The van der Waals surface area contributed by atoms with Crippen molar-refractivity contribution in [1.82, 2.24) is 19.7 Å². The number of aromatic nitrogens is 4. The molecule has 0 N–H and O–H groups in total. The van der Waals surface area contributed by atoms with Gasteiger partial charge in [0.2, 0.25) is 0 Å². The summed E-state index contributed by atoms with van der Waals surface area (Å²) in [5, 5.41) is 5.37. The minimum absolute atomic E-state index is 0.310. The van der Waals surface area contributed by atoms with E-state index < -0.39 is 0 Å². The van der Waals surface area contributed by atoms with Gasteiger partial charge in [-0.25, -0.2) is 9.97 Å². The Hall–Kier alpha value is -1.69. The van der Waals surface area contributed by atoms with Crippen LogP contribution in [0, 0.1) is 5.41 Å². The summed E-state index contributed by atoms with van der Waals surface area (Å²) in [6, 6.07) is 0.500. The fraction of sp³-hybridized carbons (Fsp3) is 0.706. The summed E-state index contributed by atoms with van der Waals surface area (Å²) in [5.74, 6) is 0.995. The van der Waals surface area contributed by atoms with Crippen molar-refractivity contribution in [3.05, 3.63) is 12.5 Å². The normalized spacial score (nSPS) is 25.9. The Balaban J connectivity index is 1.67. The summed E-state index contributed by atoms with van der Waals surface area (Å²) in [4.78, 5) is 11.3. The number of nitrogens with zero attached hydrogens (tertiary/aromatic N) is 5. The molecular formula is C17H25N5O. The Bertz CT molecular complexity index is 706. The fourth-order valence-electron chi connectivity index (χ4n) is 4.77. The van der Waals surface area contributed by atoms with Gasteiger partial charge in [-0.15, -0.1) is 0 Å². The minimum Gasteiger partial charge on any atom is -0.378 e. The van der Waals surface area contributed by atoms with Gasteiger partial charge in [0.05, 0.1) is 17.7 Å². The van der Waals surface area contributed by atoms with Gasteiger partial charge >= 0.3 is 0 Å². The first-order chi connectivity index (χ1) is 11.2. The van der Waals surface area contributed by atoms with Gasteiger partial charge in [-0.2, -0.15) is 5.10 Å². The number of hydrogen-bond acceptors (Lipinski definition) is 5. The van der Waals surface area contributed by atoms with Gasteiger partial charge in [-0.3, -0.25) is 4.68 Å². The van der Waals surface area contributed by atoms with Gasteiger partial charge in [-0.05, 0) is 26.2 Å². The maximum atomic E-state index is 6.05. The van der Waals surface area contributed by atoms with Crippen LogP contribution in [0.5, 0.6) is 0 Å². The minimum atomic E-state index is 0.310. The van der Waals surface area contributed by atoms with Crippen LogP contribution in [0.15, 0.2) is 12.5 Å². The topological polar surface area (TPSA) is 56.1 Å². The fourth-order valence-corrected chi connectivity index (χ4v) is 4.77. The zero-order valence-corrected chi connectivity index (χ0v) is 14.2. The quantitative estimate of drug-likeness (QED) is 0.868. The van der Waals surface area contributed by atoms with E-state index in [2.05, 4.69) is 33.9 Å². The molecule has 0 aromatic carbocycles. The van der Waals surface area contributed by atoms with Crippen molar-refractivity contribution >= 4 is 16.9 Å². The predicted octanol–water partition coefficient (Wildman–Crippen LogP) is 2.54. The molecule has 2 atom stereocenters. The average molecular weight is 315 g/mol. The van der Waals surface area contributed by atoms with Crippen LogP contribution in [0.3, 0.4) is 0 Å². The van der Waals surface area contributed by atoms with E-state index in [-0.39, 0.29) is 0 Å². The van der Waals surface area contributed by atoms with E-state index in [0.29, 0.717) is 17.6 Å². The maximum absolute atomic E-state index is 6.05. The summed E-state index contributed by atoms with van der Waals surface area (Å²) in [5.41, 5.74) is 1.20. The van der Waals surface area contributed by atoms with Gasteiger partial charge in [0.1, 0.15) is 12.1 Å². The first-order valence-corrected chi connectivity index (χ1v) is 8.64. The lowest BCUT2D eigenvalue weighted by Crippen LogP contribution is -2.63. The lowest BCUT2D eigenvalue weighted by molar-refractivity contribution is -0.121. The molecule has 2 aliphatic rings. The average Bonchev–Trinajstić information content (AvgIpc) is 3.20. The molecule has 0 amide bonds. The molecule has 23 heavy (non-hydrogen) atoms. The maximum Gasteiger partial charge on any atom is 0.163 e. The molecule has 124 valence electrons. The standard InChI is InChI=1S/C17H25N5O/c1-4-23-14-9-13(17(14)7-5-6-8-17)21(2)15-12-10-20-22(3)16(12)19-11-18-15/h10-11,13-14H,4-9H2,1-3H3/t13-,14-/m0/s1. The molecule has 0 unspecified atom stereocenters. The van der Waals surface area contributed by atoms with Crippen LogP contribution in [-0.2, 0) is 11.8 Å². The molecule has 4 rings (SSSR count). The molecule has 2 aromatic rings. The van der Waals surface area contributed by atoms with Crippen LogP contribution in [0.4, 0.5) is 5.82 Å². The van der Waals surface area contributed by atoms with Crippen LogP contribution in [0.25, 0.3) is 11.0 Å². The Labute approximate surface area is 136 Å². The highest BCUT2D eigenvalue weighted by Gasteiger charge is 2.58. The largest absolute Gasteiger partial charge is 0.378 e. The molecular weight excluding hydrogens is 290 g/mol. The highest BCUT2D eigenvalue weighted by Crippen LogP contribution is 2.57. The van der Waals surface area contributed by atoms with E-state index in [1.165, 1.54) is 25.7 Å². The molecule has 6 nitrogen and oxygen atoms in total. The Morgan fingerprint density at radius 1 is 1.35 bits per heavy atom. The smallest absolute Gasteiger partial charge is 0.163 e. The summed E-state index contributed by atoms with van der Waals surface area (Å²) >= 11 is 0. The summed E-state index contributed by atoms with van der Waals surface area (Å²) in [6.07, 6.45) is 10.2. The third-order valence-electron chi connectivity index (χ3n) is 5.95.